The molecule has 0 aromatic rings. The molecular weight excluding hydrogens is 118 g/mol. The number of carbonyl (C=O) groups is 1. The van der Waals surface area contributed by atoms with Crippen molar-refractivity contribution < 1.29 is 9.63 Å². The molecular formula is C6H9NO2. The van der Waals surface area contributed by atoms with Gasteiger partial charge in [0.05, 0.1) is 5.57 Å². The molecule has 0 unspecified atom stereocenters. The molecule has 0 spiro atoms. The fourth-order valence-corrected chi connectivity index (χ4v) is 0.345. The zero-order valence-electron chi connectivity index (χ0n) is 5.26. The maximum Gasteiger partial charge on any atom is 0.355 e. The maximum atomic E-state index is 10.4. The van der Waals surface area contributed by atoms with Crippen LogP contribution < -0.4 is 5.90 Å². The molecule has 3 heteroatoms. The van der Waals surface area contributed by atoms with E-state index in [9.17, 15) is 4.79 Å². The molecule has 0 heterocycles. The Morgan fingerprint density at radius 3 is 2.67 bits per heavy atom. The second kappa shape index (κ2) is 3.86. The van der Waals surface area contributed by atoms with Crippen molar-refractivity contribution in [2.24, 2.45) is 5.90 Å². The summed E-state index contributed by atoms with van der Waals surface area (Å²) < 4.78 is 0. The lowest BCUT2D eigenvalue weighted by molar-refractivity contribution is -0.139. The number of hydrogen-bond acceptors (Lipinski definition) is 3. The van der Waals surface area contributed by atoms with Crippen molar-refractivity contribution in [1.82, 2.24) is 0 Å². The van der Waals surface area contributed by atoms with Gasteiger partial charge in [0.15, 0.2) is 0 Å². The molecule has 50 valence electrons. The first-order valence-electron chi connectivity index (χ1n) is 2.45. The SMILES string of the molecule is C=C(/C=C\C)C(=O)ON. The smallest absolute Gasteiger partial charge is 0.355 e. The van der Waals surface area contributed by atoms with E-state index in [-0.39, 0.29) is 5.57 Å². The van der Waals surface area contributed by atoms with E-state index in [1.54, 1.807) is 13.0 Å². The summed E-state index contributed by atoms with van der Waals surface area (Å²) >= 11 is 0. The summed E-state index contributed by atoms with van der Waals surface area (Å²) in [6.45, 7) is 5.15. The highest BCUT2D eigenvalue weighted by Gasteiger charge is 2.00. The van der Waals surface area contributed by atoms with E-state index in [0.717, 1.165) is 0 Å². The van der Waals surface area contributed by atoms with Crippen molar-refractivity contribution in [3.8, 4) is 0 Å². The summed E-state index contributed by atoms with van der Waals surface area (Å²) in [6, 6.07) is 0. The maximum absolute atomic E-state index is 10.4. The van der Waals surface area contributed by atoms with Gasteiger partial charge in [-0.25, -0.2) is 4.79 Å². The first kappa shape index (κ1) is 7.91. The van der Waals surface area contributed by atoms with E-state index in [2.05, 4.69) is 17.3 Å². The molecule has 0 aliphatic carbocycles. The van der Waals surface area contributed by atoms with E-state index in [0.29, 0.717) is 0 Å². The molecule has 0 aliphatic rings. The predicted octanol–water partition coefficient (Wildman–Crippen LogP) is 0.536. The van der Waals surface area contributed by atoms with Crippen LogP contribution in [-0.2, 0) is 9.63 Å². The molecule has 0 aromatic carbocycles. The third kappa shape index (κ3) is 2.66. The first-order valence-corrected chi connectivity index (χ1v) is 2.45. The molecule has 0 rings (SSSR count). The second-order valence-corrected chi connectivity index (χ2v) is 1.43. The molecule has 0 fully saturated rings. The van der Waals surface area contributed by atoms with Crippen LogP contribution in [0.3, 0.4) is 0 Å². The molecule has 2 N–H and O–H groups in total. The predicted molar refractivity (Wildman–Crippen MR) is 34.2 cm³/mol. The van der Waals surface area contributed by atoms with Crippen molar-refractivity contribution in [2.45, 2.75) is 6.92 Å². The van der Waals surface area contributed by atoms with Crippen LogP contribution >= 0.6 is 0 Å². The Kier molecular flexibility index (Phi) is 3.39. The van der Waals surface area contributed by atoms with Crippen LogP contribution in [0.15, 0.2) is 24.3 Å². The topological polar surface area (TPSA) is 52.3 Å². The first-order chi connectivity index (χ1) is 4.22. The Bertz CT molecular complexity index is 149. The molecule has 0 amide bonds. The lowest BCUT2D eigenvalue weighted by atomic mass is 10.3. The van der Waals surface area contributed by atoms with Crippen LogP contribution in [0.25, 0.3) is 0 Å². The number of hydrogen-bond donors (Lipinski definition) is 1. The normalized spacial score (nSPS) is 9.56. The van der Waals surface area contributed by atoms with Gasteiger partial charge in [-0.1, -0.05) is 18.7 Å². The second-order valence-electron chi connectivity index (χ2n) is 1.43. The zero-order chi connectivity index (χ0) is 7.28. The monoisotopic (exact) mass is 127 g/mol. The summed E-state index contributed by atoms with van der Waals surface area (Å²) in [7, 11) is 0. The van der Waals surface area contributed by atoms with Crippen LogP contribution in [0.2, 0.25) is 0 Å². The van der Waals surface area contributed by atoms with Gasteiger partial charge in [0.2, 0.25) is 0 Å². The number of rotatable bonds is 2. The van der Waals surface area contributed by atoms with E-state index >= 15 is 0 Å². The van der Waals surface area contributed by atoms with Gasteiger partial charge in [-0.05, 0) is 6.92 Å². The number of carbonyl (C=O) groups excluding carboxylic acids is 1. The molecule has 0 atom stereocenters. The van der Waals surface area contributed by atoms with E-state index < -0.39 is 5.97 Å². The van der Waals surface area contributed by atoms with Gasteiger partial charge in [0, 0.05) is 0 Å². The highest BCUT2D eigenvalue weighted by molar-refractivity contribution is 5.90. The van der Waals surface area contributed by atoms with Crippen LogP contribution in [-0.4, -0.2) is 5.97 Å². The molecule has 0 aromatic heterocycles. The lowest BCUT2D eigenvalue weighted by Gasteiger charge is -1.92. The molecule has 0 aliphatic heterocycles. The van der Waals surface area contributed by atoms with Gasteiger partial charge >= 0.3 is 5.97 Å². The van der Waals surface area contributed by atoms with Crippen molar-refractivity contribution >= 4 is 5.97 Å². The molecule has 0 radical (unpaired) electrons. The van der Waals surface area contributed by atoms with Crippen LogP contribution in [0.1, 0.15) is 6.92 Å². The lowest BCUT2D eigenvalue weighted by Crippen LogP contribution is -2.10. The van der Waals surface area contributed by atoms with Gasteiger partial charge in [0.1, 0.15) is 0 Å². The minimum absolute atomic E-state index is 0.250. The molecule has 9 heavy (non-hydrogen) atoms. The summed E-state index contributed by atoms with van der Waals surface area (Å²) in [5, 5.41) is 0. The minimum Gasteiger partial charge on any atom is -0.370 e. The van der Waals surface area contributed by atoms with Crippen molar-refractivity contribution in [1.29, 1.82) is 0 Å². The zero-order valence-corrected chi connectivity index (χ0v) is 5.26. The van der Waals surface area contributed by atoms with Crippen molar-refractivity contribution in [3.63, 3.8) is 0 Å². The fraction of sp³-hybridized carbons (Fsp3) is 0.167. The largest absolute Gasteiger partial charge is 0.370 e. The quantitative estimate of drug-likeness (QED) is 0.334. The summed E-state index contributed by atoms with van der Waals surface area (Å²) in [5.41, 5.74) is 0.250. The third-order valence-electron chi connectivity index (χ3n) is 0.737. The Morgan fingerprint density at radius 2 is 2.33 bits per heavy atom. The van der Waals surface area contributed by atoms with Gasteiger partial charge in [-0.15, -0.1) is 0 Å². The standard InChI is InChI=1S/C6H9NO2/c1-3-4-5(2)6(8)9-7/h3-4H,2,7H2,1H3/b4-3-. The summed E-state index contributed by atoms with van der Waals surface area (Å²) in [6.07, 6.45) is 3.20. The highest BCUT2D eigenvalue weighted by Crippen LogP contribution is 1.92. The molecule has 0 saturated carbocycles. The Morgan fingerprint density at radius 1 is 1.78 bits per heavy atom. The number of nitrogens with two attached hydrogens (primary N) is 1. The van der Waals surface area contributed by atoms with Crippen LogP contribution in [0.5, 0.6) is 0 Å². The Balaban J connectivity index is 3.89. The molecule has 3 nitrogen and oxygen atoms in total. The Labute approximate surface area is 53.8 Å². The van der Waals surface area contributed by atoms with Gasteiger partial charge in [0.25, 0.3) is 0 Å². The van der Waals surface area contributed by atoms with E-state index in [1.807, 2.05) is 0 Å². The summed E-state index contributed by atoms with van der Waals surface area (Å²) in [5.74, 6) is 3.96. The third-order valence-corrected chi connectivity index (χ3v) is 0.737. The highest BCUT2D eigenvalue weighted by atomic mass is 16.7. The average molecular weight is 127 g/mol. The van der Waals surface area contributed by atoms with Gasteiger partial charge in [-0.2, -0.15) is 5.90 Å². The van der Waals surface area contributed by atoms with E-state index in [4.69, 9.17) is 0 Å². The van der Waals surface area contributed by atoms with Gasteiger partial charge < -0.3 is 4.84 Å². The molecule has 0 saturated heterocycles. The fourth-order valence-electron chi connectivity index (χ4n) is 0.345. The molecule has 0 bridgehead atoms. The average Bonchev–Trinajstić information content (AvgIpc) is 1.87. The van der Waals surface area contributed by atoms with Crippen LogP contribution in [0.4, 0.5) is 0 Å². The van der Waals surface area contributed by atoms with Crippen molar-refractivity contribution in [2.75, 3.05) is 0 Å². The van der Waals surface area contributed by atoms with Crippen LogP contribution in [0, 0.1) is 0 Å². The van der Waals surface area contributed by atoms with E-state index in [1.165, 1.54) is 6.08 Å². The van der Waals surface area contributed by atoms with Gasteiger partial charge in [-0.3, -0.25) is 0 Å². The number of allylic oxidation sites excluding steroid dienone is 1. The Hall–Kier alpha value is -1.09. The van der Waals surface area contributed by atoms with Crippen molar-refractivity contribution in [3.05, 3.63) is 24.3 Å². The summed E-state index contributed by atoms with van der Waals surface area (Å²) in [4.78, 5) is 14.3. The minimum atomic E-state index is -0.604.